The molecule has 0 aliphatic rings. The van der Waals surface area contributed by atoms with Gasteiger partial charge in [0.2, 0.25) is 0 Å². The summed E-state index contributed by atoms with van der Waals surface area (Å²) in [5.74, 6) is -0.230. The van der Waals surface area contributed by atoms with Gasteiger partial charge >= 0.3 is 0 Å². The molecule has 0 spiro atoms. The summed E-state index contributed by atoms with van der Waals surface area (Å²) >= 11 is 9.38. The number of aryl methyl sites for hydroxylation is 1. The molecule has 3 aromatic rings. The summed E-state index contributed by atoms with van der Waals surface area (Å²) in [5, 5.41) is 12.7. The Morgan fingerprint density at radius 2 is 1.94 bits per heavy atom. The number of rotatable bonds is 6. The Morgan fingerprint density at radius 1 is 1.19 bits per heavy atom. The number of nitrogens with one attached hydrogen (secondary N) is 1. The van der Waals surface area contributed by atoms with Gasteiger partial charge in [-0.2, -0.15) is 5.26 Å². The summed E-state index contributed by atoms with van der Waals surface area (Å²) in [4.78, 5) is 12.5. The van der Waals surface area contributed by atoms with Crippen molar-refractivity contribution < 1.29 is 13.9 Å². The molecule has 0 aromatic heterocycles. The zero-order valence-electron chi connectivity index (χ0n) is 16.5. The lowest BCUT2D eigenvalue weighted by molar-refractivity contribution is -0.112. The molecule has 0 aliphatic carbocycles. The largest absolute Gasteiger partial charge is 0.488 e. The average Bonchev–Trinajstić information content (AvgIpc) is 2.74. The molecule has 0 aliphatic heterocycles. The number of ether oxygens (including phenoxy) is 1. The molecule has 0 saturated heterocycles. The van der Waals surface area contributed by atoms with Crippen molar-refractivity contribution in [2.24, 2.45) is 0 Å². The minimum atomic E-state index is -0.513. The van der Waals surface area contributed by atoms with E-state index in [1.807, 2.05) is 13.0 Å². The van der Waals surface area contributed by atoms with Crippen LogP contribution in [0.2, 0.25) is 5.02 Å². The first-order valence-electron chi connectivity index (χ1n) is 9.22. The predicted octanol–water partition coefficient (Wildman–Crippen LogP) is 6.67. The standard InChI is InChI=1S/C24H17BrClFN2O2/c1-15-10-19(26)5-8-22(15)29-24(30)18(13-28)11-17-4-9-23(21(25)12-17)31-14-16-2-6-20(27)7-3-16/h2-12H,14H2,1H3,(H,29,30)/b18-11+. The number of nitriles is 1. The minimum Gasteiger partial charge on any atom is -0.488 e. The number of halogens is 3. The Kier molecular flexibility index (Phi) is 7.45. The van der Waals surface area contributed by atoms with Gasteiger partial charge in [0.25, 0.3) is 5.91 Å². The number of carbonyl (C=O) groups is 1. The molecule has 7 heteroatoms. The van der Waals surface area contributed by atoms with Crippen molar-refractivity contribution in [1.29, 1.82) is 5.26 Å². The summed E-state index contributed by atoms with van der Waals surface area (Å²) in [6.07, 6.45) is 1.50. The Morgan fingerprint density at radius 3 is 2.58 bits per heavy atom. The Hall–Kier alpha value is -3.14. The molecule has 1 N–H and O–H groups in total. The zero-order chi connectivity index (χ0) is 22.4. The van der Waals surface area contributed by atoms with Crippen LogP contribution in [0, 0.1) is 24.1 Å². The molecule has 0 unspecified atom stereocenters. The highest BCUT2D eigenvalue weighted by Gasteiger charge is 2.12. The lowest BCUT2D eigenvalue weighted by Crippen LogP contribution is -2.14. The van der Waals surface area contributed by atoms with E-state index < -0.39 is 5.91 Å². The number of nitrogens with zero attached hydrogens (tertiary/aromatic N) is 1. The zero-order valence-corrected chi connectivity index (χ0v) is 18.8. The van der Waals surface area contributed by atoms with Crippen molar-refractivity contribution in [1.82, 2.24) is 0 Å². The van der Waals surface area contributed by atoms with Gasteiger partial charge in [-0.25, -0.2) is 4.39 Å². The topological polar surface area (TPSA) is 62.1 Å². The lowest BCUT2D eigenvalue weighted by Gasteiger charge is -2.10. The third-order valence-electron chi connectivity index (χ3n) is 4.38. The number of hydrogen-bond donors (Lipinski definition) is 1. The fourth-order valence-corrected chi connectivity index (χ4v) is 3.48. The lowest BCUT2D eigenvalue weighted by atomic mass is 10.1. The maximum Gasteiger partial charge on any atom is 0.266 e. The highest BCUT2D eigenvalue weighted by molar-refractivity contribution is 9.10. The summed E-state index contributed by atoms with van der Waals surface area (Å²) < 4.78 is 19.4. The van der Waals surface area contributed by atoms with Crippen LogP contribution in [-0.2, 0) is 11.4 Å². The van der Waals surface area contributed by atoms with Crippen LogP contribution in [0.3, 0.4) is 0 Å². The van der Waals surface area contributed by atoms with E-state index in [-0.39, 0.29) is 18.0 Å². The average molecular weight is 500 g/mol. The molecule has 3 aromatic carbocycles. The molecule has 0 saturated carbocycles. The maximum absolute atomic E-state index is 13.0. The molecule has 0 radical (unpaired) electrons. The van der Waals surface area contributed by atoms with Gasteiger partial charge in [-0.05, 0) is 88.1 Å². The highest BCUT2D eigenvalue weighted by atomic mass is 79.9. The van der Waals surface area contributed by atoms with Crippen LogP contribution in [-0.4, -0.2) is 5.91 Å². The molecule has 3 rings (SSSR count). The Labute approximate surface area is 193 Å². The summed E-state index contributed by atoms with van der Waals surface area (Å²) in [5.41, 5.74) is 2.82. The third kappa shape index (κ3) is 6.17. The van der Waals surface area contributed by atoms with E-state index in [1.165, 1.54) is 18.2 Å². The third-order valence-corrected chi connectivity index (χ3v) is 5.23. The Balaban J connectivity index is 1.71. The van der Waals surface area contributed by atoms with Crippen LogP contribution in [0.4, 0.5) is 10.1 Å². The van der Waals surface area contributed by atoms with E-state index in [0.29, 0.717) is 26.5 Å². The van der Waals surface area contributed by atoms with E-state index in [2.05, 4.69) is 21.2 Å². The van der Waals surface area contributed by atoms with Crippen LogP contribution in [0.15, 0.2) is 70.7 Å². The van der Waals surface area contributed by atoms with Crippen molar-refractivity contribution in [2.45, 2.75) is 13.5 Å². The number of hydrogen-bond acceptors (Lipinski definition) is 3. The van der Waals surface area contributed by atoms with Gasteiger partial charge in [0.15, 0.2) is 0 Å². The van der Waals surface area contributed by atoms with Crippen molar-refractivity contribution >= 4 is 45.2 Å². The fraction of sp³-hybridized carbons (Fsp3) is 0.0833. The number of amides is 1. The fourth-order valence-electron chi connectivity index (χ4n) is 2.74. The second kappa shape index (κ2) is 10.3. The molecule has 0 heterocycles. The van der Waals surface area contributed by atoms with Gasteiger partial charge in [0.05, 0.1) is 4.47 Å². The summed E-state index contributed by atoms with van der Waals surface area (Å²) in [7, 11) is 0. The molecule has 31 heavy (non-hydrogen) atoms. The number of anilines is 1. The monoisotopic (exact) mass is 498 g/mol. The number of carbonyl (C=O) groups excluding carboxylic acids is 1. The van der Waals surface area contributed by atoms with Gasteiger partial charge in [-0.15, -0.1) is 0 Å². The maximum atomic E-state index is 13.0. The molecule has 0 fully saturated rings. The molecule has 1 amide bonds. The number of benzene rings is 3. The van der Waals surface area contributed by atoms with E-state index in [4.69, 9.17) is 16.3 Å². The van der Waals surface area contributed by atoms with E-state index in [0.717, 1.165) is 11.1 Å². The van der Waals surface area contributed by atoms with Crippen LogP contribution in [0.25, 0.3) is 6.08 Å². The quantitative estimate of drug-likeness (QED) is 0.304. The van der Waals surface area contributed by atoms with Crippen LogP contribution < -0.4 is 10.1 Å². The van der Waals surface area contributed by atoms with E-state index >= 15 is 0 Å². The van der Waals surface area contributed by atoms with Crippen LogP contribution in [0.1, 0.15) is 16.7 Å². The van der Waals surface area contributed by atoms with Crippen molar-refractivity contribution in [2.75, 3.05) is 5.32 Å². The minimum absolute atomic E-state index is 0.0405. The van der Waals surface area contributed by atoms with Crippen molar-refractivity contribution in [3.05, 3.63) is 98.2 Å². The van der Waals surface area contributed by atoms with Crippen LogP contribution in [0.5, 0.6) is 5.75 Å². The molecule has 156 valence electrons. The second-order valence-electron chi connectivity index (χ2n) is 6.69. The molecular formula is C24H17BrClFN2O2. The first kappa shape index (κ1) is 22.5. The van der Waals surface area contributed by atoms with Gasteiger partial charge in [-0.1, -0.05) is 29.8 Å². The smallest absolute Gasteiger partial charge is 0.266 e. The highest BCUT2D eigenvalue weighted by Crippen LogP contribution is 2.28. The first-order chi connectivity index (χ1) is 14.9. The normalized spacial score (nSPS) is 11.0. The van der Waals surface area contributed by atoms with Crippen molar-refractivity contribution in [3.8, 4) is 11.8 Å². The van der Waals surface area contributed by atoms with E-state index in [1.54, 1.807) is 48.5 Å². The second-order valence-corrected chi connectivity index (χ2v) is 7.98. The predicted molar refractivity (Wildman–Crippen MR) is 123 cm³/mol. The van der Waals surface area contributed by atoms with Gasteiger partial charge in [0, 0.05) is 10.7 Å². The molecule has 0 atom stereocenters. The van der Waals surface area contributed by atoms with Crippen molar-refractivity contribution in [3.63, 3.8) is 0 Å². The first-order valence-corrected chi connectivity index (χ1v) is 10.4. The molecular weight excluding hydrogens is 483 g/mol. The van der Waals surface area contributed by atoms with E-state index in [9.17, 15) is 14.4 Å². The SMILES string of the molecule is Cc1cc(Cl)ccc1NC(=O)/C(C#N)=C/c1ccc(OCc2ccc(F)cc2)c(Br)c1. The van der Waals surface area contributed by atoms with Crippen LogP contribution >= 0.6 is 27.5 Å². The summed E-state index contributed by atoms with van der Waals surface area (Å²) in [6.45, 7) is 2.10. The molecule has 0 bridgehead atoms. The Bertz CT molecular complexity index is 1190. The molecule has 4 nitrogen and oxygen atoms in total. The van der Waals surface area contributed by atoms with Gasteiger partial charge < -0.3 is 10.1 Å². The van der Waals surface area contributed by atoms with Gasteiger partial charge in [0.1, 0.15) is 29.8 Å². The summed E-state index contributed by atoms with van der Waals surface area (Å²) in [6, 6.07) is 18.3. The van der Waals surface area contributed by atoms with Gasteiger partial charge in [-0.3, -0.25) is 4.79 Å².